The van der Waals surface area contributed by atoms with Crippen LogP contribution < -0.4 is 5.73 Å². The normalized spacial score (nSPS) is 11.0. The molecule has 0 bridgehead atoms. The fraction of sp³-hybridized carbons (Fsp3) is 0.154. The SMILES string of the molecule is NCc1nc(-c2nc(Cc3c(Cl)cccc3Cl)no2)cs1. The van der Waals surface area contributed by atoms with Gasteiger partial charge in [0.15, 0.2) is 5.82 Å². The molecule has 1 aromatic carbocycles. The Morgan fingerprint density at radius 2 is 1.95 bits per heavy atom. The average molecular weight is 341 g/mol. The number of hydrogen-bond acceptors (Lipinski definition) is 6. The number of benzene rings is 1. The molecule has 3 aromatic rings. The molecule has 0 atom stereocenters. The quantitative estimate of drug-likeness (QED) is 0.785. The summed E-state index contributed by atoms with van der Waals surface area (Å²) in [6, 6.07) is 5.34. The third-order valence-corrected chi connectivity index (χ3v) is 4.39. The van der Waals surface area contributed by atoms with Gasteiger partial charge in [-0.15, -0.1) is 11.3 Å². The molecule has 0 radical (unpaired) electrons. The van der Waals surface area contributed by atoms with Gasteiger partial charge in [-0.1, -0.05) is 34.4 Å². The Morgan fingerprint density at radius 3 is 2.62 bits per heavy atom. The van der Waals surface area contributed by atoms with E-state index in [1.54, 1.807) is 18.2 Å². The molecule has 0 spiro atoms. The van der Waals surface area contributed by atoms with Crippen LogP contribution in [0, 0.1) is 0 Å². The Morgan fingerprint density at radius 1 is 1.19 bits per heavy atom. The van der Waals surface area contributed by atoms with E-state index in [9.17, 15) is 0 Å². The molecule has 2 aromatic heterocycles. The number of nitrogens with zero attached hydrogens (tertiary/aromatic N) is 3. The summed E-state index contributed by atoms with van der Waals surface area (Å²) in [7, 11) is 0. The Bertz CT molecular complexity index is 751. The van der Waals surface area contributed by atoms with Crippen LogP contribution in [0.15, 0.2) is 28.1 Å². The first-order valence-electron chi connectivity index (χ1n) is 6.07. The molecule has 0 saturated heterocycles. The number of thiazole rings is 1. The van der Waals surface area contributed by atoms with Crippen LogP contribution in [0.1, 0.15) is 16.4 Å². The zero-order chi connectivity index (χ0) is 14.8. The van der Waals surface area contributed by atoms with E-state index in [0.29, 0.717) is 40.4 Å². The molecule has 0 amide bonds. The van der Waals surface area contributed by atoms with Crippen molar-refractivity contribution in [1.82, 2.24) is 15.1 Å². The number of nitrogens with two attached hydrogens (primary N) is 1. The molecule has 0 aliphatic heterocycles. The lowest BCUT2D eigenvalue weighted by atomic mass is 10.1. The van der Waals surface area contributed by atoms with Crippen molar-refractivity contribution in [3.05, 3.63) is 50.0 Å². The lowest BCUT2D eigenvalue weighted by Crippen LogP contribution is -1.95. The highest BCUT2D eigenvalue weighted by atomic mass is 35.5. The van der Waals surface area contributed by atoms with Crippen molar-refractivity contribution >= 4 is 34.5 Å². The van der Waals surface area contributed by atoms with Crippen LogP contribution in [0.25, 0.3) is 11.6 Å². The Balaban J connectivity index is 1.85. The molecule has 8 heteroatoms. The summed E-state index contributed by atoms with van der Waals surface area (Å²) in [5, 5.41) is 7.74. The van der Waals surface area contributed by atoms with E-state index >= 15 is 0 Å². The number of rotatable bonds is 4. The zero-order valence-electron chi connectivity index (χ0n) is 10.7. The van der Waals surface area contributed by atoms with Gasteiger partial charge in [-0.3, -0.25) is 0 Å². The third kappa shape index (κ3) is 3.08. The van der Waals surface area contributed by atoms with Gasteiger partial charge in [0, 0.05) is 28.4 Å². The monoisotopic (exact) mass is 340 g/mol. The molecule has 21 heavy (non-hydrogen) atoms. The van der Waals surface area contributed by atoms with Gasteiger partial charge in [-0.2, -0.15) is 4.98 Å². The maximum atomic E-state index is 6.13. The van der Waals surface area contributed by atoms with Gasteiger partial charge in [0.25, 0.3) is 5.89 Å². The van der Waals surface area contributed by atoms with Crippen molar-refractivity contribution in [3.63, 3.8) is 0 Å². The van der Waals surface area contributed by atoms with Crippen molar-refractivity contribution in [2.45, 2.75) is 13.0 Å². The molecule has 5 nitrogen and oxygen atoms in total. The van der Waals surface area contributed by atoms with E-state index in [-0.39, 0.29) is 0 Å². The molecule has 108 valence electrons. The summed E-state index contributed by atoms with van der Waals surface area (Å²) >= 11 is 13.7. The molecule has 2 heterocycles. The van der Waals surface area contributed by atoms with Crippen LogP contribution in [0.5, 0.6) is 0 Å². The molecule has 0 unspecified atom stereocenters. The van der Waals surface area contributed by atoms with Gasteiger partial charge in [-0.05, 0) is 17.7 Å². The highest BCUT2D eigenvalue weighted by molar-refractivity contribution is 7.09. The highest BCUT2D eigenvalue weighted by Gasteiger charge is 2.15. The zero-order valence-corrected chi connectivity index (χ0v) is 13.0. The number of aromatic nitrogens is 3. The van der Waals surface area contributed by atoms with E-state index in [0.717, 1.165) is 10.6 Å². The van der Waals surface area contributed by atoms with Crippen molar-refractivity contribution in [2.75, 3.05) is 0 Å². The fourth-order valence-corrected chi connectivity index (χ4v) is 2.97. The Hall–Kier alpha value is -1.47. The van der Waals surface area contributed by atoms with Crippen molar-refractivity contribution in [2.24, 2.45) is 5.73 Å². The standard InChI is InChI=1S/C13H10Cl2N4OS/c14-8-2-1-3-9(15)7(8)4-11-18-13(20-19-11)10-6-21-12(5-16)17-10/h1-3,6H,4-5,16H2. The minimum absolute atomic E-state index is 0.365. The summed E-state index contributed by atoms with van der Waals surface area (Å²) in [6.07, 6.45) is 0.399. The van der Waals surface area contributed by atoms with E-state index in [1.165, 1.54) is 11.3 Å². The van der Waals surface area contributed by atoms with E-state index in [4.69, 9.17) is 33.5 Å². The highest BCUT2D eigenvalue weighted by Crippen LogP contribution is 2.27. The second kappa shape index (κ2) is 6.11. The van der Waals surface area contributed by atoms with E-state index in [1.807, 2.05) is 5.38 Å². The molecule has 3 rings (SSSR count). The number of hydrogen-bond donors (Lipinski definition) is 1. The summed E-state index contributed by atoms with van der Waals surface area (Å²) in [6.45, 7) is 0.390. The Labute approximate surface area is 134 Å². The predicted octanol–water partition coefficient (Wildman–Crippen LogP) is 3.55. The van der Waals surface area contributed by atoms with E-state index < -0.39 is 0 Å². The van der Waals surface area contributed by atoms with Gasteiger partial charge < -0.3 is 10.3 Å². The minimum Gasteiger partial charge on any atom is -0.332 e. The van der Waals surface area contributed by atoms with Gasteiger partial charge in [0.05, 0.1) is 0 Å². The van der Waals surface area contributed by atoms with Crippen molar-refractivity contribution < 1.29 is 4.52 Å². The number of halogens is 2. The van der Waals surface area contributed by atoms with Crippen molar-refractivity contribution in [1.29, 1.82) is 0 Å². The van der Waals surface area contributed by atoms with Crippen molar-refractivity contribution in [3.8, 4) is 11.6 Å². The van der Waals surface area contributed by atoms with Gasteiger partial charge in [-0.25, -0.2) is 4.98 Å². The summed E-state index contributed by atoms with van der Waals surface area (Å²) in [5.41, 5.74) is 6.94. The lowest BCUT2D eigenvalue weighted by molar-refractivity contribution is 0.423. The first-order chi connectivity index (χ1) is 10.2. The predicted molar refractivity (Wildman–Crippen MR) is 82.6 cm³/mol. The summed E-state index contributed by atoms with van der Waals surface area (Å²) in [4.78, 5) is 8.61. The van der Waals surface area contributed by atoms with Crippen LogP contribution in [-0.4, -0.2) is 15.1 Å². The van der Waals surface area contributed by atoms with Crippen LogP contribution in [0.4, 0.5) is 0 Å². The second-order valence-electron chi connectivity index (χ2n) is 4.22. The summed E-state index contributed by atoms with van der Waals surface area (Å²) in [5.74, 6) is 0.867. The molecular weight excluding hydrogens is 331 g/mol. The molecule has 0 fully saturated rings. The lowest BCUT2D eigenvalue weighted by Gasteiger charge is -2.02. The average Bonchev–Trinajstić information content (AvgIpc) is 3.11. The minimum atomic E-state index is 0.365. The molecule has 2 N–H and O–H groups in total. The second-order valence-corrected chi connectivity index (χ2v) is 5.98. The van der Waals surface area contributed by atoms with Crippen LogP contribution >= 0.6 is 34.5 Å². The Kier molecular flexibility index (Phi) is 4.21. The maximum Gasteiger partial charge on any atom is 0.277 e. The third-order valence-electron chi connectivity index (χ3n) is 2.81. The van der Waals surface area contributed by atoms with Gasteiger partial charge in [0.1, 0.15) is 10.7 Å². The summed E-state index contributed by atoms with van der Waals surface area (Å²) < 4.78 is 5.22. The first-order valence-corrected chi connectivity index (χ1v) is 7.71. The smallest absolute Gasteiger partial charge is 0.277 e. The molecular formula is C13H10Cl2N4OS. The van der Waals surface area contributed by atoms with Gasteiger partial charge in [0.2, 0.25) is 0 Å². The van der Waals surface area contributed by atoms with Gasteiger partial charge >= 0.3 is 0 Å². The first kappa shape index (κ1) is 14.5. The van der Waals surface area contributed by atoms with E-state index in [2.05, 4.69) is 15.1 Å². The van der Waals surface area contributed by atoms with Crippen LogP contribution in [0.2, 0.25) is 10.0 Å². The largest absolute Gasteiger partial charge is 0.332 e. The molecule has 0 aliphatic carbocycles. The molecule has 0 aliphatic rings. The topological polar surface area (TPSA) is 77.8 Å². The molecule has 0 saturated carbocycles. The van der Waals surface area contributed by atoms with Crippen LogP contribution in [0.3, 0.4) is 0 Å². The maximum absolute atomic E-state index is 6.13. The van der Waals surface area contributed by atoms with Crippen LogP contribution in [-0.2, 0) is 13.0 Å². The fourth-order valence-electron chi connectivity index (χ4n) is 1.79.